The molecule has 4 rings (SSSR count). The van der Waals surface area contributed by atoms with E-state index in [0.717, 1.165) is 0 Å². The number of carbonyl (C=O) groups excluding carboxylic acids is 2. The van der Waals surface area contributed by atoms with Crippen molar-refractivity contribution in [2.75, 3.05) is 10.0 Å². The fourth-order valence-electron chi connectivity index (χ4n) is 3.13. The summed E-state index contributed by atoms with van der Waals surface area (Å²) in [5, 5.41) is 2.63. The zero-order valence-electron chi connectivity index (χ0n) is 18.6. The zero-order chi connectivity index (χ0) is 24.8. The van der Waals surface area contributed by atoms with Crippen LogP contribution in [0, 0.1) is 0 Å². The molecule has 1 atom stereocenters. The van der Waals surface area contributed by atoms with E-state index in [0.29, 0.717) is 16.7 Å². The number of nitrogens with one attached hydrogen (secondary N) is 2. The number of fused-ring (bicyclic) bond motifs is 1. The van der Waals surface area contributed by atoms with Crippen molar-refractivity contribution < 1.29 is 22.7 Å². The molecule has 0 aliphatic carbocycles. The third kappa shape index (κ3) is 5.76. The number of carbonyl (C=O) groups is 2. The summed E-state index contributed by atoms with van der Waals surface area (Å²) in [6, 6.07) is 17.5. The van der Waals surface area contributed by atoms with Gasteiger partial charge in [0, 0.05) is 11.9 Å². The van der Waals surface area contributed by atoms with E-state index in [2.05, 4.69) is 25.0 Å². The summed E-state index contributed by atoms with van der Waals surface area (Å²) in [5.74, 6) is -1.14. The van der Waals surface area contributed by atoms with Crippen molar-refractivity contribution in [1.29, 1.82) is 0 Å². The van der Waals surface area contributed by atoms with E-state index in [4.69, 9.17) is 4.74 Å². The molecule has 0 aliphatic rings. The molecule has 0 saturated heterocycles. The first kappa shape index (κ1) is 23.8. The molecule has 1 unspecified atom stereocenters. The SMILES string of the molecule is CCC(OC(=O)c1cnc2ccccc2n1)C(=O)Nc1ccc(S(=O)(=O)Nc2ccccn2)cc1. The molecule has 0 aliphatic heterocycles. The number of hydrogen-bond donors (Lipinski definition) is 2. The summed E-state index contributed by atoms with van der Waals surface area (Å²) in [7, 11) is -3.85. The quantitative estimate of drug-likeness (QED) is 0.357. The van der Waals surface area contributed by atoms with E-state index in [1.54, 1.807) is 37.3 Å². The molecule has 0 saturated carbocycles. The number of nitrogens with zero attached hydrogens (tertiary/aromatic N) is 3. The fraction of sp³-hybridized carbons (Fsp3) is 0.125. The average Bonchev–Trinajstić information content (AvgIpc) is 2.87. The van der Waals surface area contributed by atoms with Gasteiger partial charge in [-0.15, -0.1) is 0 Å². The van der Waals surface area contributed by atoms with Crippen LogP contribution in [0.1, 0.15) is 23.8 Å². The molecule has 2 N–H and O–H groups in total. The van der Waals surface area contributed by atoms with Crippen molar-refractivity contribution in [1.82, 2.24) is 15.0 Å². The highest BCUT2D eigenvalue weighted by Crippen LogP contribution is 2.18. The van der Waals surface area contributed by atoms with Gasteiger partial charge in [-0.3, -0.25) is 14.5 Å². The van der Waals surface area contributed by atoms with Crippen molar-refractivity contribution >= 4 is 44.4 Å². The molecule has 2 heterocycles. The lowest BCUT2D eigenvalue weighted by Crippen LogP contribution is -2.32. The maximum atomic E-state index is 12.7. The van der Waals surface area contributed by atoms with Crippen molar-refractivity contribution in [3.05, 3.63) is 84.8 Å². The Hall–Kier alpha value is -4.38. The number of aromatic nitrogens is 3. The number of sulfonamides is 1. The van der Waals surface area contributed by atoms with E-state index in [-0.39, 0.29) is 22.8 Å². The maximum absolute atomic E-state index is 12.7. The van der Waals surface area contributed by atoms with Gasteiger partial charge in [-0.05, 0) is 55.0 Å². The molecule has 2 aromatic heterocycles. The van der Waals surface area contributed by atoms with Gasteiger partial charge in [-0.2, -0.15) is 0 Å². The van der Waals surface area contributed by atoms with Crippen LogP contribution >= 0.6 is 0 Å². The second-order valence-corrected chi connectivity index (χ2v) is 9.06. The summed E-state index contributed by atoms with van der Waals surface area (Å²) in [6.07, 6.45) is 1.91. The molecule has 0 radical (unpaired) electrons. The Morgan fingerprint density at radius 1 is 0.943 bits per heavy atom. The number of esters is 1. The largest absolute Gasteiger partial charge is 0.447 e. The number of amides is 1. The van der Waals surface area contributed by atoms with Crippen molar-refractivity contribution in [3.63, 3.8) is 0 Å². The lowest BCUT2D eigenvalue weighted by molar-refractivity contribution is -0.124. The van der Waals surface area contributed by atoms with Gasteiger partial charge in [0.25, 0.3) is 15.9 Å². The predicted molar refractivity (Wildman–Crippen MR) is 129 cm³/mol. The number of hydrogen-bond acceptors (Lipinski definition) is 8. The van der Waals surface area contributed by atoms with Gasteiger partial charge in [0.05, 0.1) is 22.1 Å². The Bertz CT molecular complexity index is 1460. The number of pyridine rings is 1. The topological polar surface area (TPSA) is 140 Å². The van der Waals surface area contributed by atoms with Crippen LogP contribution in [0.4, 0.5) is 11.5 Å². The highest BCUT2D eigenvalue weighted by Gasteiger charge is 2.23. The third-order valence-corrected chi connectivity index (χ3v) is 6.28. The molecule has 0 fully saturated rings. The minimum Gasteiger partial charge on any atom is -0.447 e. The molecule has 0 bridgehead atoms. The smallest absolute Gasteiger partial charge is 0.359 e. The predicted octanol–water partition coefficient (Wildman–Crippen LogP) is 3.40. The molecule has 11 heteroatoms. The van der Waals surface area contributed by atoms with Crippen LogP contribution in [-0.4, -0.2) is 41.4 Å². The molecular weight excluding hydrogens is 470 g/mol. The number of para-hydroxylation sites is 2. The Kier molecular flexibility index (Phi) is 6.97. The van der Waals surface area contributed by atoms with Crippen LogP contribution in [0.3, 0.4) is 0 Å². The number of benzene rings is 2. The summed E-state index contributed by atoms with van der Waals surface area (Å²) < 4.78 is 32.8. The van der Waals surface area contributed by atoms with Crippen LogP contribution in [0.25, 0.3) is 11.0 Å². The average molecular weight is 492 g/mol. The Balaban J connectivity index is 1.40. The Labute approximate surface area is 201 Å². The van der Waals surface area contributed by atoms with Crippen molar-refractivity contribution in [2.24, 2.45) is 0 Å². The Morgan fingerprint density at radius 2 is 1.66 bits per heavy atom. The van der Waals surface area contributed by atoms with E-state index >= 15 is 0 Å². The number of ether oxygens (including phenoxy) is 1. The van der Waals surface area contributed by atoms with E-state index in [1.165, 1.54) is 42.7 Å². The highest BCUT2D eigenvalue weighted by molar-refractivity contribution is 7.92. The second-order valence-electron chi connectivity index (χ2n) is 7.38. The van der Waals surface area contributed by atoms with E-state index in [1.807, 2.05) is 6.07 Å². The summed E-state index contributed by atoms with van der Waals surface area (Å²) in [4.78, 5) is 37.6. The molecular formula is C24H21N5O5S. The highest BCUT2D eigenvalue weighted by atomic mass is 32.2. The van der Waals surface area contributed by atoms with Crippen LogP contribution in [0.2, 0.25) is 0 Å². The van der Waals surface area contributed by atoms with Gasteiger partial charge in [0.2, 0.25) is 0 Å². The second kappa shape index (κ2) is 10.3. The molecule has 0 spiro atoms. The zero-order valence-corrected chi connectivity index (χ0v) is 19.4. The molecule has 2 aromatic carbocycles. The molecule has 4 aromatic rings. The number of rotatable bonds is 8. The molecule has 1 amide bonds. The minimum absolute atomic E-state index is 0.00509. The van der Waals surface area contributed by atoms with Crippen LogP contribution in [-0.2, 0) is 19.6 Å². The monoisotopic (exact) mass is 491 g/mol. The van der Waals surface area contributed by atoms with Gasteiger partial charge in [-0.1, -0.05) is 25.1 Å². The fourth-order valence-corrected chi connectivity index (χ4v) is 4.14. The van der Waals surface area contributed by atoms with Gasteiger partial charge in [0.15, 0.2) is 11.8 Å². The van der Waals surface area contributed by atoms with Crippen LogP contribution in [0.5, 0.6) is 0 Å². The molecule has 178 valence electrons. The van der Waals surface area contributed by atoms with Crippen LogP contribution < -0.4 is 10.0 Å². The number of anilines is 2. The lowest BCUT2D eigenvalue weighted by Gasteiger charge is -2.16. The van der Waals surface area contributed by atoms with Gasteiger partial charge in [-0.25, -0.2) is 23.2 Å². The van der Waals surface area contributed by atoms with E-state index in [9.17, 15) is 18.0 Å². The van der Waals surface area contributed by atoms with E-state index < -0.39 is 28.0 Å². The van der Waals surface area contributed by atoms with Gasteiger partial charge in [0.1, 0.15) is 5.82 Å². The third-order valence-electron chi connectivity index (χ3n) is 4.91. The lowest BCUT2D eigenvalue weighted by atomic mass is 10.2. The standard InChI is InChI=1S/C24H21N5O5S/c1-2-21(34-24(31)20-15-26-18-7-3-4-8-19(18)28-20)23(30)27-16-10-12-17(13-11-16)35(32,33)29-22-9-5-6-14-25-22/h3-15,21H,2H2,1H3,(H,25,29)(H,27,30). The first-order valence-corrected chi connectivity index (χ1v) is 12.1. The normalized spacial score (nSPS) is 12.0. The maximum Gasteiger partial charge on any atom is 0.359 e. The Morgan fingerprint density at radius 3 is 2.34 bits per heavy atom. The molecule has 35 heavy (non-hydrogen) atoms. The summed E-state index contributed by atoms with van der Waals surface area (Å²) in [6.45, 7) is 1.70. The van der Waals surface area contributed by atoms with Gasteiger partial charge >= 0.3 is 5.97 Å². The first-order chi connectivity index (χ1) is 16.9. The molecule has 10 nitrogen and oxygen atoms in total. The summed E-state index contributed by atoms with van der Waals surface area (Å²) in [5.41, 5.74) is 1.50. The van der Waals surface area contributed by atoms with Gasteiger partial charge < -0.3 is 10.1 Å². The van der Waals surface area contributed by atoms with Crippen molar-refractivity contribution in [2.45, 2.75) is 24.3 Å². The minimum atomic E-state index is -3.85. The summed E-state index contributed by atoms with van der Waals surface area (Å²) >= 11 is 0. The van der Waals surface area contributed by atoms with Crippen LogP contribution in [0.15, 0.2) is 84.0 Å². The van der Waals surface area contributed by atoms with Crippen molar-refractivity contribution in [3.8, 4) is 0 Å². The first-order valence-electron chi connectivity index (χ1n) is 10.6.